The van der Waals surface area contributed by atoms with Crippen LogP contribution in [0.15, 0.2) is 51.8 Å². The standard InChI is InChI=1S/C15H13BrO3S/c1-19-15(18)13-10(7-8-12(16)14(13)17)9-20-11-5-3-2-4-6-11/h2-8,17H,9H2,1H3. The van der Waals surface area contributed by atoms with Gasteiger partial charge in [0.2, 0.25) is 0 Å². The SMILES string of the molecule is COC(=O)c1c(CSc2ccccc2)ccc(Br)c1O. The Morgan fingerprint density at radius 3 is 2.60 bits per heavy atom. The molecule has 2 aromatic rings. The molecular weight excluding hydrogens is 340 g/mol. The zero-order valence-electron chi connectivity index (χ0n) is 10.8. The third kappa shape index (κ3) is 3.35. The summed E-state index contributed by atoms with van der Waals surface area (Å²) in [5.74, 6) is -0.0366. The summed E-state index contributed by atoms with van der Waals surface area (Å²) in [4.78, 5) is 12.9. The second-order valence-corrected chi connectivity index (χ2v) is 5.93. The monoisotopic (exact) mass is 352 g/mol. The van der Waals surface area contributed by atoms with E-state index in [1.165, 1.54) is 7.11 Å². The molecule has 0 unspecified atom stereocenters. The van der Waals surface area contributed by atoms with Crippen molar-refractivity contribution < 1.29 is 14.6 Å². The Balaban J connectivity index is 2.27. The number of methoxy groups -OCH3 is 1. The zero-order chi connectivity index (χ0) is 14.5. The van der Waals surface area contributed by atoms with E-state index in [2.05, 4.69) is 15.9 Å². The van der Waals surface area contributed by atoms with Crippen LogP contribution in [0.2, 0.25) is 0 Å². The molecule has 2 rings (SSSR count). The Kier molecular flexibility index (Phi) is 5.09. The van der Waals surface area contributed by atoms with Gasteiger partial charge in [-0.15, -0.1) is 11.8 Å². The number of carbonyl (C=O) groups excluding carboxylic acids is 1. The number of rotatable bonds is 4. The Bertz CT molecular complexity index is 614. The van der Waals surface area contributed by atoms with E-state index in [9.17, 15) is 9.90 Å². The molecule has 0 saturated carbocycles. The molecule has 0 aliphatic heterocycles. The number of esters is 1. The third-order valence-electron chi connectivity index (χ3n) is 2.74. The molecule has 0 aliphatic rings. The molecule has 0 bridgehead atoms. The van der Waals surface area contributed by atoms with Crippen LogP contribution in [-0.2, 0) is 10.5 Å². The molecule has 2 aromatic carbocycles. The van der Waals surface area contributed by atoms with Gasteiger partial charge in [0.1, 0.15) is 11.3 Å². The number of phenolic OH excluding ortho intramolecular Hbond substituents is 1. The van der Waals surface area contributed by atoms with Crippen molar-refractivity contribution in [2.75, 3.05) is 7.11 Å². The first kappa shape index (κ1) is 14.9. The van der Waals surface area contributed by atoms with E-state index in [0.29, 0.717) is 10.2 Å². The van der Waals surface area contributed by atoms with Gasteiger partial charge in [-0.25, -0.2) is 4.79 Å². The molecule has 0 aliphatic carbocycles. The summed E-state index contributed by atoms with van der Waals surface area (Å²) in [6, 6.07) is 13.4. The summed E-state index contributed by atoms with van der Waals surface area (Å²) in [7, 11) is 1.30. The first-order valence-corrected chi connectivity index (χ1v) is 7.68. The summed E-state index contributed by atoms with van der Waals surface area (Å²) >= 11 is 4.81. The molecule has 0 fully saturated rings. The van der Waals surface area contributed by atoms with Gasteiger partial charge in [-0.1, -0.05) is 24.3 Å². The molecule has 5 heteroatoms. The van der Waals surface area contributed by atoms with Gasteiger partial charge in [0.05, 0.1) is 11.6 Å². The molecule has 0 saturated heterocycles. The van der Waals surface area contributed by atoms with E-state index >= 15 is 0 Å². The molecule has 0 heterocycles. The molecule has 3 nitrogen and oxygen atoms in total. The van der Waals surface area contributed by atoms with Crippen molar-refractivity contribution >= 4 is 33.7 Å². The van der Waals surface area contributed by atoms with E-state index in [1.807, 2.05) is 36.4 Å². The number of hydrogen-bond donors (Lipinski definition) is 1. The van der Waals surface area contributed by atoms with Crippen molar-refractivity contribution in [2.45, 2.75) is 10.6 Å². The fourth-order valence-electron chi connectivity index (χ4n) is 1.74. The van der Waals surface area contributed by atoms with Crippen LogP contribution in [0.1, 0.15) is 15.9 Å². The lowest BCUT2D eigenvalue weighted by atomic mass is 10.1. The highest BCUT2D eigenvalue weighted by Gasteiger charge is 2.19. The minimum atomic E-state index is -0.535. The van der Waals surface area contributed by atoms with Crippen LogP contribution in [0.25, 0.3) is 0 Å². The summed E-state index contributed by atoms with van der Waals surface area (Å²) in [6.45, 7) is 0. The lowest BCUT2D eigenvalue weighted by Crippen LogP contribution is -2.06. The maximum Gasteiger partial charge on any atom is 0.341 e. The first-order chi connectivity index (χ1) is 9.63. The summed E-state index contributed by atoms with van der Waals surface area (Å²) < 4.78 is 5.21. The Hall–Kier alpha value is -1.46. The van der Waals surface area contributed by atoms with Gasteiger partial charge in [0.15, 0.2) is 0 Å². The fraction of sp³-hybridized carbons (Fsp3) is 0.133. The van der Waals surface area contributed by atoms with E-state index in [0.717, 1.165) is 10.5 Å². The number of carbonyl (C=O) groups is 1. The Morgan fingerprint density at radius 2 is 1.95 bits per heavy atom. The summed E-state index contributed by atoms with van der Waals surface area (Å²) in [5.41, 5.74) is 0.955. The van der Waals surface area contributed by atoms with Crippen LogP contribution in [0.3, 0.4) is 0 Å². The molecule has 0 radical (unpaired) electrons. The number of ether oxygens (including phenoxy) is 1. The molecule has 0 amide bonds. The number of benzene rings is 2. The predicted molar refractivity (Wildman–Crippen MR) is 83.1 cm³/mol. The molecule has 0 spiro atoms. The molecular formula is C15H13BrO3S. The van der Waals surface area contributed by atoms with Gasteiger partial charge in [0.25, 0.3) is 0 Å². The van der Waals surface area contributed by atoms with Gasteiger partial charge in [-0.2, -0.15) is 0 Å². The third-order valence-corrected chi connectivity index (χ3v) is 4.44. The van der Waals surface area contributed by atoms with Crippen molar-refractivity contribution in [3.8, 4) is 5.75 Å². The molecule has 104 valence electrons. The summed E-state index contributed by atoms with van der Waals surface area (Å²) in [6.07, 6.45) is 0. The van der Waals surface area contributed by atoms with Gasteiger partial charge in [0, 0.05) is 10.6 Å². The average molecular weight is 353 g/mol. The molecule has 1 N–H and O–H groups in total. The van der Waals surface area contributed by atoms with E-state index in [-0.39, 0.29) is 11.3 Å². The van der Waals surface area contributed by atoms with Crippen LogP contribution in [0.4, 0.5) is 0 Å². The molecule has 0 aromatic heterocycles. The maximum atomic E-state index is 11.8. The normalized spacial score (nSPS) is 10.3. The molecule has 20 heavy (non-hydrogen) atoms. The molecule has 0 atom stereocenters. The summed E-state index contributed by atoms with van der Waals surface area (Å²) in [5, 5.41) is 10.0. The highest BCUT2D eigenvalue weighted by molar-refractivity contribution is 9.10. The maximum absolute atomic E-state index is 11.8. The van der Waals surface area contributed by atoms with Crippen molar-refractivity contribution in [2.24, 2.45) is 0 Å². The number of thioether (sulfide) groups is 1. The van der Waals surface area contributed by atoms with Gasteiger partial charge >= 0.3 is 5.97 Å². The van der Waals surface area contributed by atoms with Gasteiger partial charge in [-0.3, -0.25) is 0 Å². The van der Waals surface area contributed by atoms with Crippen molar-refractivity contribution in [3.05, 3.63) is 58.1 Å². The average Bonchev–Trinajstić information content (AvgIpc) is 2.48. The van der Waals surface area contributed by atoms with Crippen LogP contribution in [0.5, 0.6) is 5.75 Å². The quantitative estimate of drug-likeness (QED) is 0.660. The Morgan fingerprint density at radius 1 is 1.25 bits per heavy atom. The minimum absolute atomic E-state index is 0.0805. The smallest absolute Gasteiger partial charge is 0.341 e. The van der Waals surface area contributed by atoms with E-state index in [1.54, 1.807) is 17.8 Å². The largest absolute Gasteiger partial charge is 0.506 e. The number of phenols is 1. The fourth-order valence-corrected chi connectivity index (χ4v) is 2.98. The van der Waals surface area contributed by atoms with Crippen molar-refractivity contribution in [1.29, 1.82) is 0 Å². The van der Waals surface area contributed by atoms with E-state index in [4.69, 9.17) is 4.74 Å². The van der Waals surface area contributed by atoms with Crippen LogP contribution in [0, 0.1) is 0 Å². The lowest BCUT2D eigenvalue weighted by molar-refractivity contribution is 0.0596. The minimum Gasteiger partial charge on any atom is -0.506 e. The van der Waals surface area contributed by atoms with Crippen LogP contribution < -0.4 is 0 Å². The lowest BCUT2D eigenvalue weighted by Gasteiger charge is -2.11. The second-order valence-electron chi connectivity index (χ2n) is 4.02. The number of halogens is 1. The first-order valence-electron chi connectivity index (χ1n) is 5.90. The van der Waals surface area contributed by atoms with Gasteiger partial charge < -0.3 is 9.84 Å². The van der Waals surface area contributed by atoms with Crippen LogP contribution in [-0.4, -0.2) is 18.2 Å². The Labute approximate surface area is 130 Å². The highest BCUT2D eigenvalue weighted by Crippen LogP contribution is 2.34. The zero-order valence-corrected chi connectivity index (χ0v) is 13.2. The topological polar surface area (TPSA) is 46.5 Å². The second kappa shape index (κ2) is 6.81. The highest BCUT2D eigenvalue weighted by atomic mass is 79.9. The van der Waals surface area contributed by atoms with Crippen molar-refractivity contribution in [1.82, 2.24) is 0 Å². The number of aromatic hydroxyl groups is 1. The number of hydrogen-bond acceptors (Lipinski definition) is 4. The van der Waals surface area contributed by atoms with Gasteiger partial charge in [-0.05, 0) is 39.7 Å². The van der Waals surface area contributed by atoms with Crippen LogP contribution >= 0.6 is 27.7 Å². The van der Waals surface area contributed by atoms with Crippen molar-refractivity contribution in [3.63, 3.8) is 0 Å². The predicted octanol–water partition coefficient (Wildman–Crippen LogP) is 4.23. The van der Waals surface area contributed by atoms with E-state index < -0.39 is 5.97 Å².